The van der Waals surface area contributed by atoms with Gasteiger partial charge in [0.15, 0.2) is 0 Å². The standard InChI is InChI=1S/C14H17NO2/c16-14(15-6-8-17-9-7-15)13-10-12(13)11-4-2-1-3-5-11/h1-5,12-13H,6-10H2/t12-,13+/m1/s1. The summed E-state index contributed by atoms with van der Waals surface area (Å²) in [6, 6.07) is 10.4. The quantitative estimate of drug-likeness (QED) is 0.774. The zero-order chi connectivity index (χ0) is 11.7. The first-order valence-corrected chi connectivity index (χ1v) is 6.28. The van der Waals surface area contributed by atoms with Gasteiger partial charge in [-0.3, -0.25) is 4.79 Å². The van der Waals surface area contributed by atoms with Crippen LogP contribution in [-0.2, 0) is 9.53 Å². The van der Waals surface area contributed by atoms with Crippen LogP contribution in [-0.4, -0.2) is 37.1 Å². The Morgan fingerprint density at radius 3 is 2.59 bits per heavy atom. The largest absolute Gasteiger partial charge is 0.378 e. The van der Waals surface area contributed by atoms with Gasteiger partial charge in [-0.15, -0.1) is 0 Å². The van der Waals surface area contributed by atoms with Gasteiger partial charge in [0.2, 0.25) is 5.91 Å². The smallest absolute Gasteiger partial charge is 0.226 e. The maximum Gasteiger partial charge on any atom is 0.226 e. The molecule has 1 aliphatic carbocycles. The first-order chi connectivity index (χ1) is 8.36. The van der Waals surface area contributed by atoms with Crippen molar-refractivity contribution in [3.63, 3.8) is 0 Å². The molecule has 0 spiro atoms. The average molecular weight is 231 g/mol. The lowest BCUT2D eigenvalue weighted by atomic mass is 10.1. The highest BCUT2D eigenvalue weighted by atomic mass is 16.5. The highest BCUT2D eigenvalue weighted by molar-refractivity contribution is 5.83. The summed E-state index contributed by atoms with van der Waals surface area (Å²) < 4.78 is 5.27. The van der Waals surface area contributed by atoms with Gasteiger partial charge in [0.25, 0.3) is 0 Å². The van der Waals surface area contributed by atoms with Crippen LogP contribution in [0, 0.1) is 5.92 Å². The van der Waals surface area contributed by atoms with E-state index in [1.807, 2.05) is 23.1 Å². The second-order valence-corrected chi connectivity index (χ2v) is 4.80. The molecule has 0 N–H and O–H groups in total. The van der Waals surface area contributed by atoms with Gasteiger partial charge in [0.05, 0.1) is 13.2 Å². The lowest BCUT2D eigenvalue weighted by Gasteiger charge is -2.27. The molecule has 1 saturated carbocycles. The Morgan fingerprint density at radius 2 is 1.88 bits per heavy atom. The average Bonchev–Trinajstić information content (AvgIpc) is 3.20. The molecule has 17 heavy (non-hydrogen) atoms. The van der Waals surface area contributed by atoms with E-state index in [0.29, 0.717) is 25.0 Å². The maximum absolute atomic E-state index is 12.2. The molecule has 1 aromatic carbocycles. The third-order valence-electron chi connectivity index (χ3n) is 3.66. The Hall–Kier alpha value is -1.35. The van der Waals surface area contributed by atoms with Crippen molar-refractivity contribution in [2.24, 2.45) is 5.92 Å². The van der Waals surface area contributed by atoms with Gasteiger partial charge in [0, 0.05) is 19.0 Å². The minimum Gasteiger partial charge on any atom is -0.378 e. The summed E-state index contributed by atoms with van der Waals surface area (Å²) in [6.45, 7) is 2.90. The van der Waals surface area contributed by atoms with Crippen LogP contribution in [0.1, 0.15) is 17.9 Å². The van der Waals surface area contributed by atoms with Crippen molar-refractivity contribution in [2.75, 3.05) is 26.3 Å². The van der Waals surface area contributed by atoms with E-state index in [9.17, 15) is 4.79 Å². The van der Waals surface area contributed by atoms with Crippen molar-refractivity contribution in [1.29, 1.82) is 0 Å². The Bertz CT molecular complexity index is 398. The second-order valence-electron chi connectivity index (χ2n) is 4.80. The summed E-state index contributed by atoms with van der Waals surface area (Å²) in [4.78, 5) is 14.2. The molecule has 1 amide bonds. The molecule has 1 heterocycles. The molecule has 0 bridgehead atoms. The number of hydrogen-bond acceptors (Lipinski definition) is 2. The fourth-order valence-corrected chi connectivity index (χ4v) is 2.55. The van der Waals surface area contributed by atoms with Crippen molar-refractivity contribution in [2.45, 2.75) is 12.3 Å². The summed E-state index contributed by atoms with van der Waals surface area (Å²) >= 11 is 0. The molecule has 1 saturated heterocycles. The zero-order valence-corrected chi connectivity index (χ0v) is 9.84. The number of carbonyl (C=O) groups excluding carboxylic acids is 1. The molecule has 0 radical (unpaired) electrons. The van der Waals surface area contributed by atoms with Crippen LogP contribution in [0.25, 0.3) is 0 Å². The van der Waals surface area contributed by atoms with Gasteiger partial charge in [-0.2, -0.15) is 0 Å². The van der Waals surface area contributed by atoms with E-state index in [4.69, 9.17) is 4.74 Å². The highest BCUT2D eigenvalue weighted by Crippen LogP contribution is 2.48. The number of amides is 1. The van der Waals surface area contributed by atoms with E-state index < -0.39 is 0 Å². The second kappa shape index (κ2) is 4.49. The van der Waals surface area contributed by atoms with Crippen molar-refractivity contribution in [3.8, 4) is 0 Å². The number of ether oxygens (including phenoxy) is 1. The summed E-state index contributed by atoms with van der Waals surface area (Å²) in [5, 5.41) is 0. The molecular formula is C14H17NO2. The van der Waals surface area contributed by atoms with Crippen molar-refractivity contribution < 1.29 is 9.53 Å². The molecule has 2 fully saturated rings. The van der Waals surface area contributed by atoms with Gasteiger partial charge in [-0.05, 0) is 17.9 Å². The van der Waals surface area contributed by atoms with E-state index in [-0.39, 0.29) is 5.92 Å². The van der Waals surface area contributed by atoms with Crippen LogP contribution in [0.3, 0.4) is 0 Å². The molecule has 1 aliphatic heterocycles. The molecule has 2 aliphatic rings. The van der Waals surface area contributed by atoms with Crippen molar-refractivity contribution >= 4 is 5.91 Å². The molecular weight excluding hydrogens is 214 g/mol. The Morgan fingerprint density at radius 1 is 1.18 bits per heavy atom. The maximum atomic E-state index is 12.2. The van der Waals surface area contributed by atoms with Crippen LogP contribution in [0.4, 0.5) is 0 Å². The number of morpholine rings is 1. The van der Waals surface area contributed by atoms with Gasteiger partial charge in [0.1, 0.15) is 0 Å². The van der Waals surface area contributed by atoms with Crippen molar-refractivity contribution in [1.82, 2.24) is 4.90 Å². The third kappa shape index (κ3) is 2.20. The van der Waals surface area contributed by atoms with Gasteiger partial charge in [-0.1, -0.05) is 30.3 Å². The van der Waals surface area contributed by atoms with Gasteiger partial charge >= 0.3 is 0 Å². The number of rotatable bonds is 2. The normalized spacial score (nSPS) is 27.9. The minimum atomic E-state index is 0.218. The van der Waals surface area contributed by atoms with E-state index in [1.54, 1.807) is 0 Å². The molecule has 0 aromatic heterocycles. The molecule has 2 atom stereocenters. The third-order valence-corrected chi connectivity index (χ3v) is 3.66. The first kappa shape index (κ1) is 10.8. The number of carbonyl (C=O) groups is 1. The Kier molecular flexibility index (Phi) is 2.85. The minimum absolute atomic E-state index is 0.218. The molecule has 3 heteroatoms. The van der Waals surface area contributed by atoms with Crippen LogP contribution in [0.5, 0.6) is 0 Å². The van der Waals surface area contributed by atoms with E-state index in [2.05, 4.69) is 12.1 Å². The predicted molar refractivity (Wildman–Crippen MR) is 64.7 cm³/mol. The molecule has 90 valence electrons. The lowest BCUT2D eigenvalue weighted by molar-refractivity contribution is -0.136. The van der Waals surface area contributed by atoms with Crippen LogP contribution in [0.2, 0.25) is 0 Å². The monoisotopic (exact) mass is 231 g/mol. The zero-order valence-electron chi connectivity index (χ0n) is 9.84. The number of benzene rings is 1. The predicted octanol–water partition coefficient (Wildman–Crippen LogP) is 1.65. The Balaban J connectivity index is 1.62. The fourth-order valence-electron chi connectivity index (χ4n) is 2.55. The molecule has 3 nitrogen and oxygen atoms in total. The molecule has 3 rings (SSSR count). The van der Waals surface area contributed by atoms with Crippen LogP contribution in [0.15, 0.2) is 30.3 Å². The lowest BCUT2D eigenvalue weighted by Crippen LogP contribution is -2.41. The highest BCUT2D eigenvalue weighted by Gasteiger charge is 2.45. The number of hydrogen-bond donors (Lipinski definition) is 0. The Labute approximate surface area is 101 Å². The molecule has 1 aromatic rings. The first-order valence-electron chi connectivity index (χ1n) is 6.28. The van der Waals surface area contributed by atoms with Crippen LogP contribution >= 0.6 is 0 Å². The topological polar surface area (TPSA) is 29.5 Å². The summed E-state index contributed by atoms with van der Waals surface area (Å²) in [5.41, 5.74) is 1.30. The van der Waals surface area contributed by atoms with Gasteiger partial charge in [-0.25, -0.2) is 0 Å². The van der Waals surface area contributed by atoms with Crippen LogP contribution < -0.4 is 0 Å². The van der Waals surface area contributed by atoms with Crippen molar-refractivity contribution in [3.05, 3.63) is 35.9 Å². The van der Waals surface area contributed by atoms with E-state index in [1.165, 1.54) is 5.56 Å². The SMILES string of the molecule is O=C([C@H]1C[C@@H]1c1ccccc1)N1CCOCC1. The summed E-state index contributed by atoms with van der Waals surface area (Å²) in [7, 11) is 0. The summed E-state index contributed by atoms with van der Waals surface area (Å²) in [6.07, 6.45) is 1.01. The van der Waals surface area contributed by atoms with E-state index >= 15 is 0 Å². The fraction of sp³-hybridized carbons (Fsp3) is 0.500. The molecule has 0 unspecified atom stereocenters. The van der Waals surface area contributed by atoms with E-state index in [0.717, 1.165) is 19.5 Å². The van der Waals surface area contributed by atoms with Gasteiger partial charge < -0.3 is 9.64 Å². The summed E-state index contributed by atoms with van der Waals surface area (Å²) in [5.74, 6) is 0.990. The number of nitrogens with zero attached hydrogens (tertiary/aromatic N) is 1.